The van der Waals surface area contributed by atoms with Crippen molar-refractivity contribution in [3.8, 4) is 0 Å². The molecule has 0 aromatic heterocycles. The van der Waals surface area contributed by atoms with Gasteiger partial charge in [-0.15, -0.1) is 0 Å². The number of carbonyl (C=O) groups excluding carboxylic acids is 1. The van der Waals surface area contributed by atoms with E-state index in [1.54, 1.807) is 4.90 Å². The highest BCUT2D eigenvalue weighted by atomic mass is 16.2. The molecule has 1 unspecified atom stereocenters. The Hall–Kier alpha value is -0.650. The normalized spacial score (nSPS) is 20.9. The van der Waals surface area contributed by atoms with E-state index in [-0.39, 0.29) is 5.91 Å². The zero-order valence-corrected chi connectivity index (χ0v) is 13.9. The Kier molecular flexibility index (Phi) is 6.43. The first kappa shape index (κ1) is 17.4. The lowest BCUT2D eigenvalue weighted by atomic mass is 9.99. The first-order valence-corrected chi connectivity index (χ1v) is 7.71. The molecule has 0 bridgehead atoms. The predicted molar refractivity (Wildman–Crippen MR) is 83.7 cm³/mol. The van der Waals surface area contributed by atoms with E-state index in [9.17, 15) is 4.79 Å². The van der Waals surface area contributed by atoms with Gasteiger partial charge >= 0.3 is 0 Å². The molecule has 1 saturated heterocycles. The van der Waals surface area contributed by atoms with Crippen molar-refractivity contribution in [3.63, 3.8) is 0 Å². The monoisotopic (exact) mass is 284 g/mol. The maximum atomic E-state index is 12.2. The predicted octanol–water partition coefficient (Wildman–Crippen LogP) is 0.598. The van der Waals surface area contributed by atoms with Crippen LogP contribution >= 0.6 is 0 Å². The molecule has 1 atom stereocenters. The molecule has 0 saturated carbocycles. The van der Waals surface area contributed by atoms with Gasteiger partial charge in [-0.25, -0.2) is 0 Å². The van der Waals surface area contributed by atoms with Gasteiger partial charge in [0, 0.05) is 26.2 Å². The van der Waals surface area contributed by atoms with Gasteiger partial charge in [-0.3, -0.25) is 4.79 Å². The van der Waals surface area contributed by atoms with Crippen LogP contribution in [0.3, 0.4) is 0 Å². The molecule has 1 heterocycles. The number of rotatable bonds is 6. The topological polar surface area (TPSA) is 52.8 Å². The molecule has 0 aliphatic carbocycles. The quantitative estimate of drug-likeness (QED) is 0.776. The van der Waals surface area contributed by atoms with Gasteiger partial charge in [0.05, 0.1) is 5.54 Å². The lowest BCUT2D eigenvalue weighted by Gasteiger charge is -2.36. The maximum Gasteiger partial charge on any atom is 0.242 e. The Bertz CT molecular complexity index is 311. The van der Waals surface area contributed by atoms with Crippen LogP contribution in [0.5, 0.6) is 0 Å². The van der Waals surface area contributed by atoms with E-state index >= 15 is 0 Å². The molecule has 118 valence electrons. The Morgan fingerprint density at radius 2 is 1.85 bits per heavy atom. The van der Waals surface area contributed by atoms with E-state index in [0.29, 0.717) is 12.5 Å². The molecule has 1 aliphatic rings. The highest BCUT2D eigenvalue weighted by Crippen LogP contribution is 2.14. The smallest absolute Gasteiger partial charge is 0.242 e. The summed E-state index contributed by atoms with van der Waals surface area (Å²) >= 11 is 0. The number of likely N-dealkylation sites (N-methyl/N-ethyl adjacent to an activating group) is 2. The van der Waals surface area contributed by atoms with Crippen molar-refractivity contribution in [2.45, 2.75) is 44.7 Å². The molecular weight excluding hydrogens is 252 g/mol. The van der Waals surface area contributed by atoms with Crippen molar-refractivity contribution in [2.75, 3.05) is 47.3 Å². The van der Waals surface area contributed by atoms with Crippen molar-refractivity contribution in [1.29, 1.82) is 0 Å². The molecule has 0 aromatic rings. The van der Waals surface area contributed by atoms with Crippen LogP contribution in [0.4, 0.5) is 0 Å². The first-order valence-electron chi connectivity index (χ1n) is 7.71. The van der Waals surface area contributed by atoms with E-state index in [2.05, 4.69) is 23.9 Å². The van der Waals surface area contributed by atoms with Crippen molar-refractivity contribution < 1.29 is 4.79 Å². The fraction of sp³-hybridized carbons (Fsp3) is 0.933. The summed E-state index contributed by atoms with van der Waals surface area (Å²) in [5, 5.41) is 0. The van der Waals surface area contributed by atoms with Gasteiger partial charge in [0.2, 0.25) is 5.91 Å². The molecule has 1 aliphatic heterocycles. The summed E-state index contributed by atoms with van der Waals surface area (Å²) in [6.45, 7) is 7.76. The van der Waals surface area contributed by atoms with Crippen molar-refractivity contribution >= 4 is 5.91 Å². The number of likely N-dealkylation sites (tertiary alicyclic amines) is 1. The molecule has 5 nitrogen and oxygen atoms in total. The molecular formula is C15H32N4O. The summed E-state index contributed by atoms with van der Waals surface area (Å²) in [6.07, 6.45) is 3.10. The molecule has 1 amide bonds. The van der Waals surface area contributed by atoms with Crippen LogP contribution in [0.2, 0.25) is 0 Å². The summed E-state index contributed by atoms with van der Waals surface area (Å²) in [4.78, 5) is 18.7. The fourth-order valence-electron chi connectivity index (χ4n) is 2.61. The molecule has 1 rings (SSSR count). The van der Waals surface area contributed by atoms with Gasteiger partial charge in [0.15, 0.2) is 0 Å². The van der Waals surface area contributed by atoms with Crippen LogP contribution in [0.25, 0.3) is 0 Å². The fourth-order valence-corrected chi connectivity index (χ4v) is 2.61. The van der Waals surface area contributed by atoms with Crippen LogP contribution in [0.1, 0.15) is 33.1 Å². The van der Waals surface area contributed by atoms with Crippen molar-refractivity contribution in [1.82, 2.24) is 14.7 Å². The minimum absolute atomic E-state index is 0.0387. The first-order chi connectivity index (χ1) is 9.27. The lowest BCUT2D eigenvalue weighted by Crippen LogP contribution is -2.53. The van der Waals surface area contributed by atoms with Crippen LogP contribution < -0.4 is 5.73 Å². The summed E-state index contributed by atoms with van der Waals surface area (Å²) in [5.74, 6) is 0.0387. The Morgan fingerprint density at radius 1 is 1.30 bits per heavy atom. The van der Waals surface area contributed by atoms with Crippen molar-refractivity contribution in [2.24, 2.45) is 5.73 Å². The van der Waals surface area contributed by atoms with Crippen LogP contribution in [0.15, 0.2) is 0 Å². The largest absolute Gasteiger partial charge is 0.343 e. The van der Waals surface area contributed by atoms with E-state index in [0.717, 1.165) is 13.1 Å². The Morgan fingerprint density at radius 3 is 2.35 bits per heavy atom. The molecule has 0 aromatic carbocycles. The van der Waals surface area contributed by atoms with E-state index in [4.69, 9.17) is 5.73 Å². The summed E-state index contributed by atoms with van der Waals surface area (Å²) < 4.78 is 0. The van der Waals surface area contributed by atoms with Gasteiger partial charge in [0.1, 0.15) is 0 Å². The molecule has 0 spiro atoms. The van der Waals surface area contributed by atoms with Gasteiger partial charge in [-0.1, -0.05) is 6.92 Å². The van der Waals surface area contributed by atoms with Crippen LogP contribution in [-0.2, 0) is 4.79 Å². The summed E-state index contributed by atoms with van der Waals surface area (Å²) in [7, 11) is 6.19. The van der Waals surface area contributed by atoms with Crippen molar-refractivity contribution in [3.05, 3.63) is 0 Å². The number of carbonyl (C=O) groups is 1. The average molecular weight is 284 g/mol. The Balaban J connectivity index is 2.37. The number of hydrogen-bond donors (Lipinski definition) is 1. The third kappa shape index (κ3) is 4.72. The zero-order chi connectivity index (χ0) is 15.3. The number of piperidine rings is 1. The number of hydrogen-bond acceptors (Lipinski definition) is 4. The second-order valence-electron chi connectivity index (χ2n) is 6.51. The molecule has 20 heavy (non-hydrogen) atoms. The standard InChI is InChI=1S/C15H32N4O/c1-6-15(2,16)14(20)19(5)12-11-18(4)13-7-9-17(3)10-8-13/h13H,6-12,16H2,1-5H3. The van der Waals surface area contributed by atoms with Gasteiger partial charge < -0.3 is 20.4 Å². The minimum Gasteiger partial charge on any atom is -0.343 e. The second kappa shape index (κ2) is 7.38. The van der Waals surface area contributed by atoms with Gasteiger partial charge in [0.25, 0.3) is 0 Å². The number of amides is 1. The SMILES string of the molecule is CCC(C)(N)C(=O)N(C)CCN(C)C1CCN(C)CC1. The molecule has 2 N–H and O–H groups in total. The van der Waals surface area contributed by atoms with E-state index in [1.165, 1.54) is 25.9 Å². The maximum absolute atomic E-state index is 12.2. The molecule has 1 fully saturated rings. The summed E-state index contributed by atoms with van der Waals surface area (Å²) in [6, 6.07) is 0.644. The highest BCUT2D eigenvalue weighted by molar-refractivity contribution is 5.85. The van der Waals surface area contributed by atoms with Gasteiger partial charge in [-0.2, -0.15) is 0 Å². The number of nitrogens with two attached hydrogens (primary N) is 1. The van der Waals surface area contributed by atoms with Crippen LogP contribution in [-0.4, -0.2) is 79.5 Å². The van der Waals surface area contributed by atoms with Gasteiger partial charge in [-0.05, 0) is 53.4 Å². The van der Waals surface area contributed by atoms with Crippen LogP contribution in [0, 0.1) is 0 Å². The second-order valence-corrected chi connectivity index (χ2v) is 6.51. The third-order valence-corrected chi connectivity index (χ3v) is 4.67. The molecule has 0 radical (unpaired) electrons. The third-order valence-electron chi connectivity index (χ3n) is 4.67. The Labute approximate surface area is 124 Å². The minimum atomic E-state index is -0.735. The summed E-state index contributed by atoms with van der Waals surface area (Å²) in [5.41, 5.74) is 5.28. The average Bonchev–Trinajstić information content (AvgIpc) is 2.44. The molecule has 5 heteroatoms. The lowest BCUT2D eigenvalue weighted by molar-refractivity contribution is -0.135. The van der Waals surface area contributed by atoms with E-state index < -0.39 is 5.54 Å². The van der Waals surface area contributed by atoms with E-state index in [1.807, 2.05) is 20.9 Å². The zero-order valence-electron chi connectivity index (χ0n) is 13.9. The highest BCUT2D eigenvalue weighted by Gasteiger charge is 2.29. The number of nitrogens with zero attached hydrogens (tertiary/aromatic N) is 3.